The maximum absolute atomic E-state index is 11.5. The van der Waals surface area contributed by atoms with Gasteiger partial charge >= 0.3 is 0 Å². The molecule has 14 heavy (non-hydrogen) atoms. The molecule has 0 fully saturated rings. The minimum absolute atomic E-state index is 0.103. The third-order valence-corrected chi connectivity index (χ3v) is 1.79. The molecule has 0 aliphatic carbocycles. The predicted molar refractivity (Wildman–Crippen MR) is 53.7 cm³/mol. The van der Waals surface area contributed by atoms with Crippen molar-refractivity contribution in [1.29, 1.82) is 0 Å². The summed E-state index contributed by atoms with van der Waals surface area (Å²) in [5, 5.41) is 9.24. The minimum atomic E-state index is -0.103. The van der Waals surface area contributed by atoms with Crippen molar-refractivity contribution in [3.05, 3.63) is 17.5 Å². The number of nitrogens with one attached hydrogen (secondary N) is 2. The Bertz CT molecular complexity index is 370. The van der Waals surface area contributed by atoms with Gasteiger partial charge in [0.2, 0.25) is 0 Å². The van der Waals surface area contributed by atoms with Crippen LogP contribution in [0.5, 0.6) is 0 Å². The fraction of sp³-hybridized carbons (Fsp3) is 0.400. The summed E-state index contributed by atoms with van der Waals surface area (Å²) < 4.78 is 0. The Morgan fingerprint density at radius 3 is 3.07 bits per heavy atom. The molecule has 1 rings (SSSR count). The van der Waals surface area contributed by atoms with Gasteiger partial charge in [-0.15, -0.1) is 11.8 Å². The number of aromatic nitrogens is 2. The lowest BCUT2D eigenvalue weighted by molar-refractivity contribution is 0.0954. The topological polar surface area (TPSA) is 57.8 Å². The highest BCUT2D eigenvalue weighted by molar-refractivity contribution is 5.94. The lowest BCUT2D eigenvalue weighted by atomic mass is 10.2. The second-order valence-electron chi connectivity index (χ2n) is 2.84. The van der Waals surface area contributed by atoms with Crippen molar-refractivity contribution < 1.29 is 4.79 Å². The van der Waals surface area contributed by atoms with Crippen molar-refractivity contribution in [2.45, 2.75) is 20.3 Å². The van der Waals surface area contributed by atoms with Crippen LogP contribution in [0.4, 0.5) is 0 Å². The van der Waals surface area contributed by atoms with Gasteiger partial charge in [-0.05, 0) is 13.8 Å². The summed E-state index contributed by atoms with van der Waals surface area (Å²) >= 11 is 0. The highest BCUT2D eigenvalue weighted by Crippen LogP contribution is 2.01. The molecule has 74 valence electrons. The molecule has 0 atom stereocenters. The smallest absolute Gasteiger partial charge is 0.254 e. The summed E-state index contributed by atoms with van der Waals surface area (Å²) in [6, 6.07) is 0. The van der Waals surface area contributed by atoms with E-state index in [2.05, 4.69) is 27.4 Å². The SMILES string of the molecule is CC#CCCNC(=O)c1cn[nH]c1C. The van der Waals surface area contributed by atoms with Gasteiger partial charge in [-0.25, -0.2) is 0 Å². The van der Waals surface area contributed by atoms with E-state index in [1.807, 2.05) is 6.92 Å². The van der Waals surface area contributed by atoms with E-state index in [1.54, 1.807) is 6.92 Å². The number of amides is 1. The van der Waals surface area contributed by atoms with E-state index >= 15 is 0 Å². The minimum Gasteiger partial charge on any atom is -0.351 e. The number of H-pyrrole nitrogens is 1. The Kier molecular flexibility index (Phi) is 3.74. The zero-order chi connectivity index (χ0) is 10.4. The Balaban J connectivity index is 2.42. The van der Waals surface area contributed by atoms with Crippen molar-refractivity contribution in [3.63, 3.8) is 0 Å². The second kappa shape index (κ2) is 5.07. The number of carbonyl (C=O) groups is 1. The number of aryl methyl sites for hydroxylation is 1. The average Bonchev–Trinajstić information content (AvgIpc) is 2.59. The van der Waals surface area contributed by atoms with Gasteiger partial charge in [-0.3, -0.25) is 9.89 Å². The number of aromatic amines is 1. The van der Waals surface area contributed by atoms with E-state index in [4.69, 9.17) is 0 Å². The van der Waals surface area contributed by atoms with Crippen LogP contribution in [0, 0.1) is 18.8 Å². The van der Waals surface area contributed by atoms with Crippen molar-refractivity contribution in [2.75, 3.05) is 6.54 Å². The van der Waals surface area contributed by atoms with Gasteiger partial charge < -0.3 is 5.32 Å². The maximum Gasteiger partial charge on any atom is 0.254 e. The fourth-order valence-corrected chi connectivity index (χ4v) is 1.04. The van der Waals surface area contributed by atoms with Crippen molar-refractivity contribution >= 4 is 5.91 Å². The van der Waals surface area contributed by atoms with Crippen LogP contribution in [0.25, 0.3) is 0 Å². The molecule has 1 aromatic heterocycles. The van der Waals surface area contributed by atoms with Crippen molar-refractivity contribution in [1.82, 2.24) is 15.5 Å². The van der Waals surface area contributed by atoms with Crippen LogP contribution < -0.4 is 5.32 Å². The molecule has 0 unspecified atom stereocenters. The van der Waals surface area contributed by atoms with Gasteiger partial charge in [0.1, 0.15) is 0 Å². The molecule has 0 radical (unpaired) electrons. The van der Waals surface area contributed by atoms with Crippen LogP contribution >= 0.6 is 0 Å². The van der Waals surface area contributed by atoms with Gasteiger partial charge in [0.05, 0.1) is 11.8 Å². The summed E-state index contributed by atoms with van der Waals surface area (Å²) in [5.74, 6) is 5.54. The molecule has 1 amide bonds. The van der Waals surface area contributed by atoms with Crippen LogP contribution in [0.15, 0.2) is 6.20 Å². The first kappa shape index (κ1) is 10.3. The molecule has 0 aliphatic heterocycles. The van der Waals surface area contributed by atoms with Crippen LogP contribution in [-0.2, 0) is 0 Å². The van der Waals surface area contributed by atoms with E-state index < -0.39 is 0 Å². The first-order valence-corrected chi connectivity index (χ1v) is 4.43. The number of hydrogen-bond donors (Lipinski definition) is 2. The third kappa shape index (κ3) is 2.63. The molecule has 0 saturated carbocycles. The lowest BCUT2D eigenvalue weighted by Crippen LogP contribution is -2.24. The molecule has 0 aliphatic rings. The van der Waals surface area contributed by atoms with Gasteiger partial charge in [0.25, 0.3) is 5.91 Å². The molecular weight excluding hydrogens is 178 g/mol. The molecule has 0 aromatic carbocycles. The average molecular weight is 191 g/mol. The van der Waals surface area contributed by atoms with Gasteiger partial charge in [-0.2, -0.15) is 5.10 Å². The molecule has 2 N–H and O–H groups in total. The zero-order valence-corrected chi connectivity index (χ0v) is 8.35. The summed E-state index contributed by atoms with van der Waals surface area (Å²) in [7, 11) is 0. The third-order valence-electron chi connectivity index (χ3n) is 1.79. The second-order valence-corrected chi connectivity index (χ2v) is 2.84. The normalized spacial score (nSPS) is 9.00. The van der Waals surface area contributed by atoms with Crippen LogP contribution in [-0.4, -0.2) is 22.6 Å². The summed E-state index contributed by atoms with van der Waals surface area (Å²) in [4.78, 5) is 11.5. The van der Waals surface area contributed by atoms with Crippen LogP contribution in [0.2, 0.25) is 0 Å². The number of hydrogen-bond acceptors (Lipinski definition) is 2. The molecule has 1 heterocycles. The molecule has 1 aromatic rings. The molecule has 0 saturated heterocycles. The predicted octanol–water partition coefficient (Wildman–Crippen LogP) is 0.861. The van der Waals surface area contributed by atoms with Gasteiger partial charge in [-0.1, -0.05) is 0 Å². The molecule has 0 bridgehead atoms. The lowest BCUT2D eigenvalue weighted by Gasteiger charge is -2.00. The Morgan fingerprint density at radius 2 is 2.50 bits per heavy atom. The highest BCUT2D eigenvalue weighted by Gasteiger charge is 2.08. The van der Waals surface area contributed by atoms with E-state index in [-0.39, 0.29) is 5.91 Å². The van der Waals surface area contributed by atoms with E-state index in [0.29, 0.717) is 18.5 Å². The Hall–Kier alpha value is -1.76. The van der Waals surface area contributed by atoms with Crippen LogP contribution in [0.1, 0.15) is 29.4 Å². The zero-order valence-electron chi connectivity index (χ0n) is 8.35. The number of rotatable bonds is 3. The van der Waals surface area contributed by atoms with E-state index in [1.165, 1.54) is 6.20 Å². The number of carbonyl (C=O) groups excluding carboxylic acids is 1. The first-order chi connectivity index (χ1) is 6.75. The monoisotopic (exact) mass is 191 g/mol. The largest absolute Gasteiger partial charge is 0.351 e. The quantitative estimate of drug-likeness (QED) is 0.550. The van der Waals surface area contributed by atoms with Gasteiger partial charge in [0, 0.05) is 18.7 Å². The Morgan fingerprint density at radius 1 is 1.71 bits per heavy atom. The van der Waals surface area contributed by atoms with Crippen molar-refractivity contribution in [2.24, 2.45) is 0 Å². The summed E-state index contributed by atoms with van der Waals surface area (Å²) in [6.45, 7) is 4.17. The first-order valence-electron chi connectivity index (χ1n) is 4.43. The van der Waals surface area contributed by atoms with E-state index in [9.17, 15) is 4.79 Å². The molecule has 4 nitrogen and oxygen atoms in total. The van der Waals surface area contributed by atoms with Gasteiger partial charge in [0.15, 0.2) is 0 Å². The molecule has 4 heteroatoms. The molecule has 0 spiro atoms. The molecular formula is C10H13N3O. The van der Waals surface area contributed by atoms with Crippen LogP contribution in [0.3, 0.4) is 0 Å². The van der Waals surface area contributed by atoms with Crippen molar-refractivity contribution in [3.8, 4) is 11.8 Å². The maximum atomic E-state index is 11.5. The highest BCUT2D eigenvalue weighted by atomic mass is 16.1. The Labute approximate surface area is 83.1 Å². The van der Waals surface area contributed by atoms with E-state index in [0.717, 1.165) is 5.69 Å². The standard InChI is InChI=1S/C10H13N3O/c1-3-4-5-6-11-10(14)9-7-12-13-8(9)2/h7H,5-6H2,1-2H3,(H,11,14)(H,12,13). The number of nitrogens with zero attached hydrogens (tertiary/aromatic N) is 1. The summed E-state index contributed by atoms with van der Waals surface area (Å²) in [5.41, 5.74) is 1.37. The summed E-state index contributed by atoms with van der Waals surface area (Å²) in [6.07, 6.45) is 2.20. The fourth-order valence-electron chi connectivity index (χ4n) is 1.04.